The maximum absolute atomic E-state index is 14.9. The molecular formula is C24H29F3O2. The predicted octanol–water partition coefficient (Wildman–Crippen LogP) is 7.01. The maximum Gasteiger partial charge on any atom is 0.166 e. The zero-order valence-electron chi connectivity index (χ0n) is 17.1. The standard InChI is InChI=1S/C24H29F3O2/c1-3-5-14-29-18-9-6-16(7-10-18)19-11-12-20(24(27)23(19)26)17-8-13-22(28-4-2)21(25)15-17/h8,11-13,15-16,18H,3-7,9-10,14H2,1-2H3. The minimum Gasteiger partial charge on any atom is -0.491 e. The van der Waals surface area contributed by atoms with E-state index < -0.39 is 17.5 Å². The second kappa shape index (κ2) is 10.1. The SMILES string of the molecule is CCCCOC1CCC(c2ccc(-c3ccc(OCC)c(F)c3)c(F)c2F)CC1. The molecule has 2 aromatic rings. The molecule has 0 radical (unpaired) electrons. The fourth-order valence-electron chi connectivity index (χ4n) is 3.98. The summed E-state index contributed by atoms with van der Waals surface area (Å²) in [5.74, 6) is -2.25. The summed E-state index contributed by atoms with van der Waals surface area (Å²) < 4.78 is 54.8. The van der Waals surface area contributed by atoms with E-state index >= 15 is 0 Å². The third-order valence-corrected chi connectivity index (χ3v) is 5.62. The first-order valence-electron chi connectivity index (χ1n) is 10.6. The van der Waals surface area contributed by atoms with Gasteiger partial charge in [0.1, 0.15) is 0 Å². The van der Waals surface area contributed by atoms with Crippen molar-refractivity contribution in [3.05, 3.63) is 53.3 Å². The molecule has 0 atom stereocenters. The highest BCUT2D eigenvalue weighted by Crippen LogP contribution is 2.38. The Bertz CT molecular complexity index is 814. The Balaban J connectivity index is 1.73. The summed E-state index contributed by atoms with van der Waals surface area (Å²) in [5.41, 5.74) is 0.761. The summed E-state index contributed by atoms with van der Waals surface area (Å²) >= 11 is 0. The van der Waals surface area contributed by atoms with Crippen molar-refractivity contribution in [2.24, 2.45) is 0 Å². The molecule has 2 aromatic carbocycles. The molecule has 0 heterocycles. The second-order valence-corrected chi connectivity index (χ2v) is 7.61. The van der Waals surface area contributed by atoms with Gasteiger partial charge in [-0.05, 0) is 68.2 Å². The van der Waals surface area contributed by atoms with Gasteiger partial charge in [0.15, 0.2) is 23.2 Å². The number of unbranched alkanes of at least 4 members (excludes halogenated alkanes) is 1. The third kappa shape index (κ3) is 5.13. The van der Waals surface area contributed by atoms with Gasteiger partial charge in [0.05, 0.1) is 12.7 Å². The van der Waals surface area contributed by atoms with E-state index in [0.717, 1.165) is 45.1 Å². The van der Waals surface area contributed by atoms with E-state index in [1.807, 2.05) is 0 Å². The number of hydrogen-bond donors (Lipinski definition) is 0. The van der Waals surface area contributed by atoms with Crippen LogP contribution in [0.4, 0.5) is 13.2 Å². The molecule has 0 unspecified atom stereocenters. The average molecular weight is 406 g/mol. The predicted molar refractivity (Wildman–Crippen MR) is 109 cm³/mol. The van der Waals surface area contributed by atoms with Crippen LogP contribution in [0.2, 0.25) is 0 Å². The van der Waals surface area contributed by atoms with Gasteiger partial charge in [-0.1, -0.05) is 31.5 Å². The average Bonchev–Trinajstić information content (AvgIpc) is 2.73. The van der Waals surface area contributed by atoms with Gasteiger partial charge >= 0.3 is 0 Å². The highest BCUT2D eigenvalue weighted by atomic mass is 19.2. The summed E-state index contributed by atoms with van der Waals surface area (Å²) in [6.45, 7) is 4.98. The summed E-state index contributed by atoms with van der Waals surface area (Å²) in [6, 6.07) is 7.36. The quantitative estimate of drug-likeness (QED) is 0.439. The van der Waals surface area contributed by atoms with Crippen LogP contribution in [0.25, 0.3) is 11.1 Å². The Labute approximate surface area is 171 Å². The van der Waals surface area contributed by atoms with Gasteiger partial charge in [-0.15, -0.1) is 0 Å². The van der Waals surface area contributed by atoms with Crippen LogP contribution in [0.15, 0.2) is 30.3 Å². The summed E-state index contributed by atoms with van der Waals surface area (Å²) in [5, 5.41) is 0. The molecule has 0 aromatic heterocycles. The lowest BCUT2D eigenvalue weighted by Gasteiger charge is -2.29. The maximum atomic E-state index is 14.9. The van der Waals surface area contributed by atoms with Crippen molar-refractivity contribution in [1.29, 1.82) is 0 Å². The van der Waals surface area contributed by atoms with E-state index in [-0.39, 0.29) is 23.3 Å². The molecule has 1 saturated carbocycles. The van der Waals surface area contributed by atoms with Crippen molar-refractivity contribution in [1.82, 2.24) is 0 Å². The van der Waals surface area contributed by atoms with Crippen molar-refractivity contribution in [2.75, 3.05) is 13.2 Å². The second-order valence-electron chi connectivity index (χ2n) is 7.61. The topological polar surface area (TPSA) is 18.5 Å². The van der Waals surface area contributed by atoms with Gasteiger partial charge < -0.3 is 9.47 Å². The summed E-state index contributed by atoms with van der Waals surface area (Å²) in [4.78, 5) is 0. The lowest BCUT2D eigenvalue weighted by Crippen LogP contribution is -2.22. The first kappa shape index (κ1) is 21.7. The van der Waals surface area contributed by atoms with Gasteiger partial charge in [0.2, 0.25) is 0 Å². The van der Waals surface area contributed by atoms with E-state index in [9.17, 15) is 13.2 Å². The Morgan fingerprint density at radius 2 is 1.69 bits per heavy atom. The van der Waals surface area contributed by atoms with Crippen LogP contribution in [0, 0.1) is 17.5 Å². The Morgan fingerprint density at radius 1 is 0.931 bits per heavy atom. The van der Waals surface area contributed by atoms with Crippen LogP contribution >= 0.6 is 0 Å². The molecule has 1 fully saturated rings. The zero-order valence-corrected chi connectivity index (χ0v) is 17.1. The van der Waals surface area contributed by atoms with Crippen molar-refractivity contribution >= 4 is 0 Å². The first-order valence-corrected chi connectivity index (χ1v) is 10.6. The van der Waals surface area contributed by atoms with Gasteiger partial charge in [0.25, 0.3) is 0 Å². The summed E-state index contributed by atoms with van der Waals surface area (Å²) in [7, 11) is 0. The van der Waals surface area contributed by atoms with Crippen molar-refractivity contribution in [3.8, 4) is 16.9 Å². The Hall–Kier alpha value is -2.01. The van der Waals surface area contributed by atoms with Crippen molar-refractivity contribution in [3.63, 3.8) is 0 Å². The Kier molecular flexibility index (Phi) is 7.59. The van der Waals surface area contributed by atoms with Crippen LogP contribution in [0.5, 0.6) is 5.75 Å². The van der Waals surface area contributed by atoms with Gasteiger partial charge in [-0.2, -0.15) is 0 Å². The molecular weight excluding hydrogens is 377 g/mol. The molecule has 1 aliphatic rings. The third-order valence-electron chi connectivity index (χ3n) is 5.62. The first-order chi connectivity index (χ1) is 14.0. The van der Waals surface area contributed by atoms with Crippen LogP contribution < -0.4 is 4.74 Å². The van der Waals surface area contributed by atoms with E-state index in [0.29, 0.717) is 17.7 Å². The molecule has 158 valence electrons. The van der Waals surface area contributed by atoms with E-state index in [2.05, 4.69) is 6.92 Å². The molecule has 2 nitrogen and oxygen atoms in total. The van der Waals surface area contributed by atoms with Crippen LogP contribution in [0.3, 0.4) is 0 Å². The van der Waals surface area contributed by atoms with Crippen molar-refractivity contribution in [2.45, 2.75) is 64.4 Å². The molecule has 1 aliphatic carbocycles. The lowest BCUT2D eigenvalue weighted by atomic mass is 9.82. The van der Waals surface area contributed by atoms with Crippen LogP contribution in [0.1, 0.15) is 63.9 Å². The van der Waals surface area contributed by atoms with Crippen molar-refractivity contribution < 1.29 is 22.6 Å². The monoisotopic (exact) mass is 406 g/mol. The fraction of sp³-hybridized carbons (Fsp3) is 0.500. The minimum atomic E-state index is -0.924. The van der Waals surface area contributed by atoms with E-state index in [4.69, 9.17) is 9.47 Å². The molecule has 0 amide bonds. The van der Waals surface area contributed by atoms with Crippen LogP contribution in [-0.4, -0.2) is 19.3 Å². The Morgan fingerprint density at radius 3 is 2.34 bits per heavy atom. The molecule has 0 saturated heterocycles. The molecule has 3 rings (SSSR count). The number of hydrogen-bond acceptors (Lipinski definition) is 2. The largest absolute Gasteiger partial charge is 0.491 e. The summed E-state index contributed by atoms with van der Waals surface area (Å²) in [6.07, 6.45) is 5.66. The number of benzene rings is 2. The molecule has 5 heteroatoms. The number of rotatable bonds is 8. The zero-order chi connectivity index (χ0) is 20.8. The number of halogens is 3. The smallest absolute Gasteiger partial charge is 0.166 e. The van der Waals surface area contributed by atoms with E-state index in [1.54, 1.807) is 25.1 Å². The van der Waals surface area contributed by atoms with Gasteiger partial charge in [-0.3, -0.25) is 0 Å². The minimum absolute atomic E-state index is 0.0124. The molecule has 0 N–H and O–H groups in total. The van der Waals surface area contributed by atoms with Gasteiger partial charge in [0, 0.05) is 12.2 Å². The molecule has 0 aliphatic heterocycles. The van der Waals surface area contributed by atoms with Crippen LogP contribution in [-0.2, 0) is 4.74 Å². The lowest BCUT2D eigenvalue weighted by molar-refractivity contribution is 0.0230. The highest BCUT2D eigenvalue weighted by molar-refractivity contribution is 5.66. The van der Waals surface area contributed by atoms with Gasteiger partial charge in [-0.25, -0.2) is 13.2 Å². The fourth-order valence-corrected chi connectivity index (χ4v) is 3.98. The molecule has 29 heavy (non-hydrogen) atoms. The highest BCUT2D eigenvalue weighted by Gasteiger charge is 2.27. The molecule has 0 bridgehead atoms. The normalized spacial score (nSPS) is 19.3. The molecule has 0 spiro atoms. The number of ether oxygens (including phenoxy) is 2. The van der Waals surface area contributed by atoms with E-state index in [1.165, 1.54) is 12.1 Å².